The van der Waals surface area contributed by atoms with E-state index in [0.717, 1.165) is 4.46 Å². The third kappa shape index (κ3) is 2.22. The first kappa shape index (κ1) is 11.0. The van der Waals surface area contributed by atoms with Crippen LogP contribution >= 0.6 is 0 Å². The number of rotatable bonds is 3. The Kier molecular flexibility index (Phi) is 3.86. The van der Waals surface area contributed by atoms with E-state index in [1.807, 2.05) is 24.0 Å². The molecule has 0 saturated carbocycles. The fourth-order valence-electron chi connectivity index (χ4n) is 1.07. The van der Waals surface area contributed by atoms with Gasteiger partial charge in [-0.1, -0.05) is 0 Å². The first-order valence-corrected chi connectivity index (χ1v) is 6.64. The van der Waals surface area contributed by atoms with Gasteiger partial charge in [-0.25, -0.2) is 0 Å². The van der Waals surface area contributed by atoms with Gasteiger partial charge in [0.2, 0.25) is 0 Å². The van der Waals surface area contributed by atoms with E-state index in [-0.39, 0.29) is 26.5 Å². The number of ketones is 1. The molecule has 3 nitrogen and oxygen atoms in total. The molecule has 1 rings (SSSR count). The number of Topliss-reactive ketones (excluding diaryl/α,β-unsaturated/α-hetero) is 1. The van der Waals surface area contributed by atoms with Crippen molar-refractivity contribution in [2.45, 2.75) is 12.7 Å². The molecule has 0 fully saturated rings. The molecule has 0 spiro atoms. The number of carbonyl (C=O) groups excluding carboxylic acids is 1. The fourth-order valence-corrected chi connectivity index (χ4v) is 2.32. The van der Waals surface area contributed by atoms with Gasteiger partial charge >= 0.3 is 88.6 Å². The molecule has 0 radical (unpaired) electrons. The molecule has 0 heterocycles. The zero-order valence-corrected chi connectivity index (χ0v) is 9.73. The van der Waals surface area contributed by atoms with Crippen molar-refractivity contribution < 1.29 is 10.0 Å². The van der Waals surface area contributed by atoms with Crippen LogP contribution in [0.3, 0.4) is 0 Å². The van der Waals surface area contributed by atoms with E-state index < -0.39 is 0 Å². The second-order valence-corrected chi connectivity index (χ2v) is 4.49. The molecule has 0 saturated heterocycles. The molecule has 0 unspecified atom stereocenters. The maximum atomic E-state index is 11.7. The van der Waals surface area contributed by atoms with E-state index >= 15 is 0 Å². The third-order valence-corrected chi connectivity index (χ3v) is 3.50. The van der Waals surface area contributed by atoms with Crippen LogP contribution in [-0.2, 0) is 0 Å². The van der Waals surface area contributed by atoms with E-state index in [2.05, 4.69) is 5.16 Å². The molecular formula is C10H11NO2Se. The number of nitrogens with zero attached hydrogens (tertiary/aromatic N) is 1. The molecule has 0 aliphatic heterocycles. The molecule has 0 atom stereocenters. The molecule has 74 valence electrons. The van der Waals surface area contributed by atoms with Gasteiger partial charge in [-0.05, 0) is 0 Å². The van der Waals surface area contributed by atoms with Gasteiger partial charge in [-0.15, -0.1) is 0 Å². The molecule has 1 N–H and O–H groups in total. The summed E-state index contributed by atoms with van der Waals surface area (Å²) in [6.45, 7) is 1.50. The van der Waals surface area contributed by atoms with Crippen LogP contribution < -0.4 is 4.46 Å². The van der Waals surface area contributed by atoms with Crippen molar-refractivity contribution in [3.05, 3.63) is 29.8 Å². The molecule has 4 heteroatoms. The zero-order valence-electron chi connectivity index (χ0n) is 8.02. The SMILES string of the molecule is C[Se]c1ccccc1C(=O)/C(C)=N/O. The van der Waals surface area contributed by atoms with Crippen molar-refractivity contribution in [2.75, 3.05) is 0 Å². The van der Waals surface area contributed by atoms with E-state index in [9.17, 15) is 4.79 Å². The molecule has 0 aliphatic carbocycles. The van der Waals surface area contributed by atoms with Crippen LogP contribution in [0.15, 0.2) is 29.4 Å². The number of hydrogen-bond acceptors (Lipinski definition) is 3. The topological polar surface area (TPSA) is 49.7 Å². The van der Waals surface area contributed by atoms with Gasteiger partial charge in [-0.3, -0.25) is 0 Å². The van der Waals surface area contributed by atoms with E-state index in [0.29, 0.717) is 5.56 Å². The Balaban J connectivity index is 3.12. The van der Waals surface area contributed by atoms with Crippen molar-refractivity contribution in [2.24, 2.45) is 5.16 Å². The van der Waals surface area contributed by atoms with Crippen molar-refractivity contribution in [3.63, 3.8) is 0 Å². The van der Waals surface area contributed by atoms with Crippen LogP contribution in [0.2, 0.25) is 5.82 Å². The van der Waals surface area contributed by atoms with E-state index in [1.54, 1.807) is 6.07 Å². The quantitative estimate of drug-likeness (QED) is 0.289. The van der Waals surface area contributed by atoms with Gasteiger partial charge < -0.3 is 0 Å². The van der Waals surface area contributed by atoms with Crippen LogP contribution in [0.25, 0.3) is 0 Å². The Bertz CT molecular complexity index is 374. The Morgan fingerprint density at radius 2 is 2.07 bits per heavy atom. The van der Waals surface area contributed by atoms with Gasteiger partial charge in [0, 0.05) is 0 Å². The van der Waals surface area contributed by atoms with Crippen LogP contribution in [0, 0.1) is 0 Å². The molecule has 0 aromatic heterocycles. The Hall–Kier alpha value is -1.12. The summed E-state index contributed by atoms with van der Waals surface area (Å²) < 4.78 is 1.04. The van der Waals surface area contributed by atoms with Crippen LogP contribution in [-0.4, -0.2) is 31.7 Å². The van der Waals surface area contributed by atoms with Gasteiger partial charge in [0.05, 0.1) is 0 Å². The minimum absolute atomic E-state index is 0.127. The maximum absolute atomic E-state index is 11.7. The summed E-state index contributed by atoms with van der Waals surface area (Å²) in [7, 11) is 0. The number of benzene rings is 1. The van der Waals surface area contributed by atoms with Crippen molar-refractivity contribution in [1.82, 2.24) is 0 Å². The number of carbonyl (C=O) groups is 1. The summed E-state index contributed by atoms with van der Waals surface area (Å²) >= 11 is 0.266. The number of oxime groups is 1. The Labute approximate surface area is 89.0 Å². The molecule has 0 aliphatic rings. The summed E-state index contributed by atoms with van der Waals surface area (Å²) in [6.07, 6.45) is 0. The average molecular weight is 256 g/mol. The van der Waals surface area contributed by atoms with E-state index in [1.165, 1.54) is 6.92 Å². The first-order chi connectivity index (χ1) is 6.70. The third-order valence-electron chi connectivity index (χ3n) is 1.83. The molecule has 1 aromatic rings. The summed E-state index contributed by atoms with van der Waals surface area (Å²) in [5.74, 6) is 1.84. The van der Waals surface area contributed by atoms with Gasteiger partial charge in [0.15, 0.2) is 0 Å². The van der Waals surface area contributed by atoms with Crippen LogP contribution in [0.5, 0.6) is 0 Å². The summed E-state index contributed by atoms with van der Waals surface area (Å²) in [5, 5.41) is 11.4. The van der Waals surface area contributed by atoms with Crippen molar-refractivity contribution in [1.29, 1.82) is 0 Å². The second kappa shape index (κ2) is 4.94. The first-order valence-electron chi connectivity index (χ1n) is 4.07. The van der Waals surface area contributed by atoms with Crippen LogP contribution in [0.4, 0.5) is 0 Å². The molecule has 0 amide bonds. The molecule has 1 aromatic carbocycles. The normalized spacial score (nSPS) is 11.4. The zero-order chi connectivity index (χ0) is 10.6. The second-order valence-electron chi connectivity index (χ2n) is 2.71. The minimum atomic E-state index is -0.202. The van der Waals surface area contributed by atoms with Crippen molar-refractivity contribution >= 4 is 30.9 Å². The van der Waals surface area contributed by atoms with Gasteiger partial charge in [0.1, 0.15) is 0 Å². The Morgan fingerprint density at radius 1 is 1.43 bits per heavy atom. The molecule has 0 bridgehead atoms. The summed E-state index contributed by atoms with van der Waals surface area (Å²) in [5.41, 5.74) is 0.770. The van der Waals surface area contributed by atoms with Gasteiger partial charge in [-0.2, -0.15) is 0 Å². The average Bonchev–Trinajstić information content (AvgIpc) is 2.26. The predicted octanol–water partition coefficient (Wildman–Crippen LogP) is 1.10. The summed E-state index contributed by atoms with van der Waals surface area (Å²) in [6, 6.07) is 7.41. The fraction of sp³-hybridized carbons (Fsp3) is 0.200. The molecule has 14 heavy (non-hydrogen) atoms. The van der Waals surface area contributed by atoms with E-state index in [4.69, 9.17) is 5.21 Å². The summed E-state index contributed by atoms with van der Waals surface area (Å²) in [4.78, 5) is 11.7. The number of hydrogen-bond donors (Lipinski definition) is 1. The molecular weight excluding hydrogens is 245 g/mol. The van der Waals surface area contributed by atoms with Crippen LogP contribution in [0.1, 0.15) is 17.3 Å². The monoisotopic (exact) mass is 257 g/mol. The standard InChI is InChI=1S/C10H11NO2Se/c1-7(11-13)10(12)8-5-3-4-6-9(8)14-2/h3-6,13H,1-2H3/b11-7+. The predicted molar refractivity (Wildman–Crippen MR) is 56.9 cm³/mol. The Morgan fingerprint density at radius 3 is 2.64 bits per heavy atom. The van der Waals surface area contributed by atoms with Crippen molar-refractivity contribution in [3.8, 4) is 0 Å². The van der Waals surface area contributed by atoms with Gasteiger partial charge in [0.25, 0.3) is 0 Å².